The van der Waals surface area contributed by atoms with Crippen molar-refractivity contribution >= 4 is 22.7 Å². The molecule has 3 aromatic rings. The summed E-state index contributed by atoms with van der Waals surface area (Å²) in [6, 6.07) is 14.8. The number of aromatic nitrogens is 2. The van der Waals surface area contributed by atoms with Gasteiger partial charge >= 0.3 is 5.97 Å². The summed E-state index contributed by atoms with van der Waals surface area (Å²) in [6.07, 6.45) is 0. The van der Waals surface area contributed by atoms with Crippen LogP contribution in [-0.2, 0) is 9.53 Å². The highest BCUT2D eigenvalue weighted by atomic mass is 16.5. The minimum Gasteiger partial charge on any atom is -0.467 e. The van der Waals surface area contributed by atoms with Crippen LogP contribution in [0.25, 0.3) is 22.4 Å². The van der Waals surface area contributed by atoms with Gasteiger partial charge in [-0.2, -0.15) is 0 Å². The number of anilines is 1. The van der Waals surface area contributed by atoms with E-state index in [0.717, 1.165) is 11.1 Å². The van der Waals surface area contributed by atoms with E-state index in [9.17, 15) is 4.79 Å². The summed E-state index contributed by atoms with van der Waals surface area (Å²) in [5.74, 6) is 0.380. The number of benzene rings is 2. The Bertz CT molecular complexity index is 825. The molecule has 5 nitrogen and oxygen atoms in total. The molecule has 3 rings (SSSR count). The summed E-state index contributed by atoms with van der Waals surface area (Å²) in [4.78, 5) is 16.7. The third-order valence-electron chi connectivity index (χ3n) is 3.71. The van der Waals surface area contributed by atoms with Gasteiger partial charge in [-0.25, -0.2) is 9.78 Å². The fourth-order valence-corrected chi connectivity index (χ4v) is 2.60. The van der Waals surface area contributed by atoms with Crippen LogP contribution >= 0.6 is 0 Å². The van der Waals surface area contributed by atoms with E-state index < -0.39 is 6.04 Å². The van der Waals surface area contributed by atoms with Crippen LogP contribution in [0.2, 0.25) is 0 Å². The number of carbonyl (C=O) groups excluding carboxylic acids is 1. The Labute approximate surface area is 128 Å². The third kappa shape index (κ3) is 2.20. The van der Waals surface area contributed by atoms with Crippen molar-refractivity contribution in [2.75, 3.05) is 12.8 Å². The van der Waals surface area contributed by atoms with Crippen molar-refractivity contribution in [1.82, 2.24) is 9.55 Å². The second kappa shape index (κ2) is 5.52. The summed E-state index contributed by atoms with van der Waals surface area (Å²) in [7, 11) is 1.38. The molecule has 22 heavy (non-hydrogen) atoms. The zero-order chi connectivity index (χ0) is 15.7. The molecule has 0 spiro atoms. The number of ether oxygens (including phenoxy) is 1. The molecule has 0 bridgehead atoms. The minimum atomic E-state index is -0.494. The van der Waals surface area contributed by atoms with Crippen LogP contribution in [-0.4, -0.2) is 22.6 Å². The first-order valence-electron chi connectivity index (χ1n) is 7.03. The highest BCUT2D eigenvalue weighted by Crippen LogP contribution is 2.31. The van der Waals surface area contributed by atoms with Crippen LogP contribution in [0.1, 0.15) is 13.0 Å². The monoisotopic (exact) mass is 295 g/mol. The molecule has 0 amide bonds. The van der Waals surface area contributed by atoms with Crippen LogP contribution in [0.4, 0.5) is 5.69 Å². The van der Waals surface area contributed by atoms with Gasteiger partial charge in [0.05, 0.1) is 18.3 Å². The summed E-state index contributed by atoms with van der Waals surface area (Å²) >= 11 is 0. The predicted molar refractivity (Wildman–Crippen MR) is 86.3 cm³/mol. The molecule has 0 aliphatic rings. The normalized spacial score (nSPS) is 12.3. The van der Waals surface area contributed by atoms with Crippen molar-refractivity contribution in [2.45, 2.75) is 13.0 Å². The maximum atomic E-state index is 12.0. The van der Waals surface area contributed by atoms with Gasteiger partial charge in [-0.3, -0.25) is 0 Å². The Morgan fingerprint density at radius 1 is 1.18 bits per heavy atom. The average Bonchev–Trinajstić information content (AvgIpc) is 2.95. The molecule has 0 fully saturated rings. The number of para-hydroxylation sites is 1. The van der Waals surface area contributed by atoms with Crippen molar-refractivity contribution in [2.24, 2.45) is 0 Å². The van der Waals surface area contributed by atoms with E-state index in [4.69, 9.17) is 10.5 Å². The number of fused-ring (bicyclic) bond motifs is 1. The first-order valence-corrected chi connectivity index (χ1v) is 7.03. The number of nitrogens with two attached hydrogens (primary N) is 1. The van der Waals surface area contributed by atoms with E-state index in [-0.39, 0.29) is 5.97 Å². The molecule has 1 aromatic heterocycles. The molecule has 0 radical (unpaired) electrons. The van der Waals surface area contributed by atoms with Gasteiger partial charge in [-0.15, -0.1) is 0 Å². The van der Waals surface area contributed by atoms with E-state index in [2.05, 4.69) is 4.98 Å². The summed E-state index contributed by atoms with van der Waals surface area (Å²) in [5, 5.41) is 0. The summed E-state index contributed by atoms with van der Waals surface area (Å²) in [6.45, 7) is 1.79. The second-order valence-corrected chi connectivity index (χ2v) is 5.09. The van der Waals surface area contributed by atoms with Crippen molar-refractivity contribution < 1.29 is 9.53 Å². The van der Waals surface area contributed by atoms with E-state index in [1.54, 1.807) is 13.0 Å². The zero-order valence-electron chi connectivity index (χ0n) is 12.5. The molecule has 112 valence electrons. The second-order valence-electron chi connectivity index (χ2n) is 5.09. The molecule has 1 unspecified atom stereocenters. The van der Waals surface area contributed by atoms with Crippen molar-refractivity contribution in [1.29, 1.82) is 0 Å². The SMILES string of the molecule is COC(=O)C(C)n1c(-c2ccccc2)nc2c(N)cccc21. The van der Waals surface area contributed by atoms with Gasteiger partial charge in [0.25, 0.3) is 0 Å². The molecule has 0 saturated heterocycles. The van der Waals surface area contributed by atoms with E-state index >= 15 is 0 Å². The first-order chi connectivity index (χ1) is 10.6. The molecule has 2 aromatic carbocycles. The lowest BCUT2D eigenvalue weighted by atomic mass is 10.2. The average molecular weight is 295 g/mol. The number of hydrogen-bond acceptors (Lipinski definition) is 4. The molecule has 0 saturated carbocycles. The fourth-order valence-electron chi connectivity index (χ4n) is 2.60. The van der Waals surface area contributed by atoms with Crippen molar-refractivity contribution in [3.05, 3.63) is 48.5 Å². The van der Waals surface area contributed by atoms with Crippen LogP contribution in [0.3, 0.4) is 0 Å². The van der Waals surface area contributed by atoms with Crippen LogP contribution in [0, 0.1) is 0 Å². The quantitative estimate of drug-likeness (QED) is 0.595. The molecule has 2 N–H and O–H groups in total. The highest BCUT2D eigenvalue weighted by molar-refractivity contribution is 5.91. The minimum absolute atomic E-state index is 0.320. The fraction of sp³-hybridized carbons (Fsp3) is 0.176. The lowest BCUT2D eigenvalue weighted by Crippen LogP contribution is -2.18. The summed E-state index contributed by atoms with van der Waals surface area (Å²) < 4.78 is 6.75. The standard InChI is InChI=1S/C17H17N3O2/c1-11(17(21)22-2)20-14-10-6-9-13(18)15(14)19-16(20)12-7-4-3-5-8-12/h3-11H,18H2,1-2H3. The lowest BCUT2D eigenvalue weighted by Gasteiger charge is -2.15. The number of methoxy groups -OCH3 is 1. The lowest BCUT2D eigenvalue weighted by molar-refractivity contribution is -0.143. The van der Waals surface area contributed by atoms with Gasteiger partial charge in [-0.05, 0) is 19.1 Å². The van der Waals surface area contributed by atoms with Crippen molar-refractivity contribution in [3.8, 4) is 11.4 Å². The van der Waals surface area contributed by atoms with E-state index in [0.29, 0.717) is 17.0 Å². The maximum Gasteiger partial charge on any atom is 0.328 e. The molecular weight excluding hydrogens is 278 g/mol. The van der Waals surface area contributed by atoms with E-state index in [1.807, 2.05) is 47.0 Å². The van der Waals surface area contributed by atoms with Crippen molar-refractivity contribution in [3.63, 3.8) is 0 Å². The molecule has 0 aliphatic carbocycles. The molecule has 0 aliphatic heterocycles. The highest BCUT2D eigenvalue weighted by Gasteiger charge is 2.23. The largest absolute Gasteiger partial charge is 0.467 e. The van der Waals surface area contributed by atoms with E-state index in [1.165, 1.54) is 7.11 Å². The Balaban J connectivity index is 2.31. The number of nitrogens with zero attached hydrogens (tertiary/aromatic N) is 2. The van der Waals surface area contributed by atoms with Gasteiger partial charge in [0.15, 0.2) is 0 Å². The summed E-state index contributed by atoms with van der Waals surface area (Å²) in [5.41, 5.74) is 9.05. The van der Waals surface area contributed by atoms with Gasteiger partial charge in [-0.1, -0.05) is 36.4 Å². The number of hydrogen-bond donors (Lipinski definition) is 1. The zero-order valence-corrected chi connectivity index (χ0v) is 12.5. The topological polar surface area (TPSA) is 70.1 Å². The number of imidazole rings is 1. The van der Waals surface area contributed by atoms with Crippen LogP contribution < -0.4 is 5.73 Å². The van der Waals surface area contributed by atoms with Gasteiger partial charge in [0.2, 0.25) is 0 Å². The first kappa shape index (κ1) is 14.1. The number of rotatable bonds is 3. The Hall–Kier alpha value is -2.82. The number of nitrogen functional groups attached to an aromatic ring is 1. The number of esters is 1. The smallest absolute Gasteiger partial charge is 0.328 e. The Kier molecular flexibility index (Phi) is 3.55. The molecule has 5 heteroatoms. The Morgan fingerprint density at radius 2 is 1.91 bits per heavy atom. The van der Waals surface area contributed by atoms with Gasteiger partial charge in [0.1, 0.15) is 17.4 Å². The molecular formula is C17H17N3O2. The van der Waals surface area contributed by atoms with Crippen LogP contribution in [0.15, 0.2) is 48.5 Å². The molecule has 1 atom stereocenters. The van der Waals surface area contributed by atoms with Crippen LogP contribution in [0.5, 0.6) is 0 Å². The Morgan fingerprint density at radius 3 is 2.59 bits per heavy atom. The molecule has 1 heterocycles. The third-order valence-corrected chi connectivity index (χ3v) is 3.71. The maximum absolute atomic E-state index is 12.0. The van der Waals surface area contributed by atoms with Gasteiger partial charge in [0, 0.05) is 5.56 Å². The van der Waals surface area contributed by atoms with Gasteiger partial charge < -0.3 is 15.0 Å². The predicted octanol–water partition coefficient (Wildman–Crippen LogP) is 3.02. The number of carbonyl (C=O) groups is 1.